The minimum Gasteiger partial charge on any atom is -0.315 e. The van der Waals surface area contributed by atoms with Crippen LogP contribution in [0.3, 0.4) is 0 Å². The van der Waals surface area contributed by atoms with Crippen molar-refractivity contribution in [2.45, 2.75) is 5.41 Å². The van der Waals surface area contributed by atoms with Crippen molar-refractivity contribution in [1.29, 1.82) is 0 Å². The van der Waals surface area contributed by atoms with Crippen molar-refractivity contribution < 1.29 is 0 Å². The van der Waals surface area contributed by atoms with Crippen LogP contribution in [0, 0.1) is 0 Å². The first-order valence-electron chi connectivity index (χ1n) is 23.4. The van der Waals surface area contributed by atoms with Gasteiger partial charge >= 0.3 is 0 Å². The van der Waals surface area contributed by atoms with E-state index in [0.717, 1.165) is 61.9 Å². The van der Waals surface area contributed by atoms with Crippen molar-refractivity contribution in [1.82, 2.24) is 0 Å². The number of nitrogens with zero attached hydrogens (tertiary/aromatic N) is 2. The van der Waals surface area contributed by atoms with Gasteiger partial charge in [-0.3, -0.25) is 0 Å². The highest BCUT2D eigenvalue weighted by Gasteiger charge is 2.47. The Morgan fingerprint density at radius 2 is 1.10 bits per heavy atom. The lowest BCUT2D eigenvalue weighted by Crippen LogP contribution is -2.28. The van der Waals surface area contributed by atoms with Gasteiger partial charge < -0.3 is 9.80 Å². The molecule has 0 amide bonds. The van der Waals surface area contributed by atoms with Gasteiger partial charge in [0.2, 0.25) is 0 Å². The Bertz CT molecular complexity index is 3730. The molecule has 0 N–H and O–H groups in total. The molecule has 9 aromatic rings. The van der Waals surface area contributed by atoms with Crippen LogP contribution < -0.4 is 9.80 Å². The number of para-hydroxylation sites is 1. The summed E-state index contributed by atoms with van der Waals surface area (Å²) in [7, 11) is 0. The summed E-state index contributed by atoms with van der Waals surface area (Å²) in [6.07, 6.45) is 14.9. The summed E-state index contributed by atoms with van der Waals surface area (Å²) < 4.78 is 0. The maximum absolute atomic E-state index is 4.62. The van der Waals surface area contributed by atoms with Gasteiger partial charge in [0.05, 0.1) is 16.8 Å². The number of allylic oxidation sites excluding steroid dienone is 8. The molecule has 2 aliphatic carbocycles. The van der Waals surface area contributed by atoms with Gasteiger partial charge in [0.15, 0.2) is 0 Å². The molecular formula is C66H44N2. The van der Waals surface area contributed by atoms with Crippen molar-refractivity contribution in [2.24, 2.45) is 0 Å². The van der Waals surface area contributed by atoms with E-state index in [4.69, 9.17) is 0 Å². The average molecular weight is 865 g/mol. The Balaban J connectivity index is 0.980. The number of rotatable bonds is 7. The van der Waals surface area contributed by atoms with Crippen molar-refractivity contribution in [3.8, 4) is 33.4 Å². The molecule has 13 rings (SSSR count). The van der Waals surface area contributed by atoms with E-state index < -0.39 is 5.41 Å². The Morgan fingerprint density at radius 3 is 1.93 bits per heavy atom. The van der Waals surface area contributed by atoms with E-state index in [1.165, 1.54) is 55.3 Å². The quantitative estimate of drug-likeness (QED) is 0.147. The highest BCUT2D eigenvalue weighted by molar-refractivity contribution is 6.12. The SMILES string of the molecule is C=C1/C=C\C=C/N2C(=C1c1ccccc1)c1cc(-c3ccc(N(c4ccc5c(c4)C(C4=C=CC=C4)(c4ccccc4)c4ccccc4-5)c4ccc5ccccc5c4)cc3)ccc1-c1ccccc12. The lowest BCUT2D eigenvalue weighted by molar-refractivity contribution is 0.770. The molecule has 0 spiro atoms. The second-order valence-electron chi connectivity index (χ2n) is 17.9. The first-order valence-corrected chi connectivity index (χ1v) is 23.4. The minimum absolute atomic E-state index is 0.543. The van der Waals surface area contributed by atoms with E-state index >= 15 is 0 Å². The van der Waals surface area contributed by atoms with Crippen LogP contribution in [-0.2, 0) is 5.41 Å². The Kier molecular flexibility index (Phi) is 9.22. The van der Waals surface area contributed by atoms with Gasteiger partial charge in [-0.25, -0.2) is 0 Å². The van der Waals surface area contributed by atoms with Gasteiger partial charge in [-0.1, -0.05) is 189 Å². The lowest BCUT2D eigenvalue weighted by atomic mass is 9.67. The zero-order valence-corrected chi connectivity index (χ0v) is 37.4. The number of anilines is 4. The predicted molar refractivity (Wildman–Crippen MR) is 285 cm³/mol. The molecule has 1 unspecified atom stereocenters. The normalized spacial score (nSPS) is 17.1. The molecule has 0 saturated heterocycles. The zero-order valence-electron chi connectivity index (χ0n) is 37.4. The maximum Gasteiger partial charge on any atom is 0.0786 e. The number of fused-ring (bicyclic) bond motifs is 10. The highest BCUT2D eigenvalue weighted by Crippen LogP contribution is 2.58. The molecule has 0 saturated carbocycles. The van der Waals surface area contributed by atoms with Crippen molar-refractivity contribution >= 4 is 44.8 Å². The van der Waals surface area contributed by atoms with Crippen LogP contribution >= 0.6 is 0 Å². The van der Waals surface area contributed by atoms with Gasteiger partial charge in [-0.2, -0.15) is 0 Å². The lowest BCUT2D eigenvalue weighted by Gasteiger charge is -2.36. The molecule has 1 atom stereocenters. The van der Waals surface area contributed by atoms with Gasteiger partial charge in [0.1, 0.15) is 0 Å². The molecule has 68 heavy (non-hydrogen) atoms. The maximum atomic E-state index is 4.62. The van der Waals surface area contributed by atoms with E-state index in [2.05, 4.69) is 271 Å². The topological polar surface area (TPSA) is 6.48 Å². The standard InChI is InChI=1S/C66H44N2/c1-45-18-16-17-41-67-63-30-15-13-28-59(63)56-39-34-50(43-60(56)65(67)64(45)48-20-4-2-5-21-48)47-31-35-53(36-32-47)68(54-37-33-46-19-8-9-22-49(46)42-54)55-38-40-58-57-27-12-14-29-61(57)66(62(58)44-55,52-25-10-11-26-52)51-23-6-3-7-24-51/h2-25,27-44H,1H2/b18-16-,41-17-,65-64?. The van der Waals surface area contributed by atoms with Gasteiger partial charge in [0.25, 0.3) is 0 Å². The molecule has 4 aliphatic rings. The van der Waals surface area contributed by atoms with E-state index in [0.29, 0.717) is 0 Å². The fourth-order valence-electron chi connectivity index (χ4n) is 11.2. The van der Waals surface area contributed by atoms with Crippen molar-refractivity contribution in [3.05, 3.63) is 306 Å². The summed E-state index contributed by atoms with van der Waals surface area (Å²) in [6.45, 7) is 4.62. The third-order valence-electron chi connectivity index (χ3n) is 14.2. The summed E-state index contributed by atoms with van der Waals surface area (Å²) in [5.74, 6) is 0. The smallest absolute Gasteiger partial charge is 0.0786 e. The molecule has 0 radical (unpaired) electrons. The fraction of sp³-hybridized carbons (Fsp3) is 0.0152. The molecule has 0 fully saturated rings. The second kappa shape index (κ2) is 15.9. The Hall–Kier alpha value is -8.94. The first-order chi connectivity index (χ1) is 33.6. The van der Waals surface area contributed by atoms with Crippen LogP contribution in [-0.4, -0.2) is 0 Å². The van der Waals surface area contributed by atoms with Gasteiger partial charge in [-0.05, 0) is 133 Å². The fourth-order valence-corrected chi connectivity index (χ4v) is 11.2. The van der Waals surface area contributed by atoms with Crippen LogP contribution in [0.5, 0.6) is 0 Å². The molecule has 318 valence electrons. The summed E-state index contributed by atoms with van der Waals surface area (Å²) in [4.78, 5) is 4.77. The third kappa shape index (κ3) is 6.13. The molecule has 2 heteroatoms. The molecule has 0 bridgehead atoms. The number of benzene rings is 9. The summed E-state index contributed by atoms with van der Waals surface area (Å²) >= 11 is 0. The van der Waals surface area contributed by atoms with Crippen molar-refractivity contribution in [3.63, 3.8) is 0 Å². The van der Waals surface area contributed by atoms with Crippen LogP contribution in [0.1, 0.15) is 27.8 Å². The highest BCUT2D eigenvalue weighted by atomic mass is 15.1. The summed E-state index contributed by atoms with van der Waals surface area (Å²) in [5.41, 5.74) is 25.2. The minimum atomic E-state index is -0.543. The Morgan fingerprint density at radius 1 is 0.441 bits per heavy atom. The van der Waals surface area contributed by atoms with E-state index in [1.54, 1.807) is 0 Å². The first kappa shape index (κ1) is 39.4. The summed E-state index contributed by atoms with van der Waals surface area (Å²) in [5, 5.41) is 2.41. The van der Waals surface area contributed by atoms with Crippen LogP contribution in [0.25, 0.3) is 55.4 Å². The van der Waals surface area contributed by atoms with Crippen LogP contribution in [0.15, 0.2) is 278 Å². The Labute approximate surface area is 397 Å². The molecule has 0 aromatic heterocycles. The second-order valence-corrected chi connectivity index (χ2v) is 17.9. The monoisotopic (exact) mass is 864 g/mol. The molecule has 2 heterocycles. The molecule has 9 aromatic carbocycles. The average Bonchev–Trinajstić information content (AvgIpc) is 4.04. The van der Waals surface area contributed by atoms with Gasteiger partial charge in [0, 0.05) is 45.5 Å². The third-order valence-corrected chi connectivity index (χ3v) is 14.2. The van der Waals surface area contributed by atoms with E-state index in [-0.39, 0.29) is 0 Å². The molecule has 2 aliphatic heterocycles. The molecule has 2 nitrogen and oxygen atoms in total. The van der Waals surface area contributed by atoms with E-state index in [9.17, 15) is 0 Å². The van der Waals surface area contributed by atoms with Crippen LogP contribution in [0.4, 0.5) is 22.7 Å². The summed E-state index contributed by atoms with van der Waals surface area (Å²) in [6, 6.07) is 77.9. The largest absolute Gasteiger partial charge is 0.315 e. The number of hydrogen-bond donors (Lipinski definition) is 0. The van der Waals surface area contributed by atoms with E-state index in [1.807, 2.05) is 6.08 Å². The predicted octanol–water partition coefficient (Wildman–Crippen LogP) is 16.9. The zero-order chi connectivity index (χ0) is 45.2. The van der Waals surface area contributed by atoms with Crippen LogP contribution in [0.2, 0.25) is 0 Å². The molecular weight excluding hydrogens is 821 g/mol. The van der Waals surface area contributed by atoms with Crippen molar-refractivity contribution in [2.75, 3.05) is 9.80 Å². The number of hydrogen-bond acceptors (Lipinski definition) is 2. The van der Waals surface area contributed by atoms with Gasteiger partial charge in [-0.15, -0.1) is 5.73 Å².